The molecule has 0 radical (unpaired) electrons. The third-order valence-electron chi connectivity index (χ3n) is 4.70. The third kappa shape index (κ3) is 2.41. The van der Waals surface area contributed by atoms with Crippen LogP contribution in [0.4, 0.5) is 5.69 Å². The zero-order chi connectivity index (χ0) is 14.1. The fraction of sp³-hybridized carbons (Fsp3) is 0.588. The minimum Gasteiger partial charge on any atom is -0.373 e. The minimum atomic E-state index is -0.0377. The maximum Gasteiger partial charge on any atom is 0.245 e. The number of nitrogens with zero attached hydrogens (tertiary/aromatic N) is 1. The lowest BCUT2D eigenvalue weighted by Gasteiger charge is -2.34. The van der Waals surface area contributed by atoms with E-state index < -0.39 is 0 Å². The normalized spacial score (nSPS) is 25.4. The maximum absolute atomic E-state index is 12.8. The summed E-state index contributed by atoms with van der Waals surface area (Å²) < 4.78 is 0. The molecule has 1 N–H and O–H groups in total. The van der Waals surface area contributed by atoms with E-state index in [4.69, 9.17) is 0 Å². The average Bonchev–Trinajstić information content (AvgIpc) is 2.95. The maximum atomic E-state index is 12.8. The van der Waals surface area contributed by atoms with Gasteiger partial charge in [0.1, 0.15) is 6.04 Å². The van der Waals surface area contributed by atoms with Crippen LogP contribution in [-0.2, 0) is 11.2 Å². The molecule has 0 bridgehead atoms. The molecule has 2 heterocycles. The zero-order valence-corrected chi connectivity index (χ0v) is 12.4. The summed E-state index contributed by atoms with van der Waals surface area (Å²) in [7, 11) is 0. The topological polar surface area (TPSA) is 32.3 Å². The van der Waals surface area contributed by atoms with Gasteiger partial charge in [0.05, 0.1) is 0 Å². The second-order valence-corrected chi connectivity index (χ2v) is 6.38. The number of rotatable bonds is 2. The van der Waals surface area contributed by atoms with E-state index in [1.54, 1.807) is 0 Å². The number of likely N-dealkylation sites (tertiary alicyclic amines) is 1. The average molecular weight is 272 g/mol. The van der Waals surface area contributed by atoms with Gasteiger partial charge in [-0.1, -0.05) is 32.0 Å². The number of amides is 1. The van der Waals surface area contributed by atoms with Gasteiger partial charge in [-0.25, -0.2) is 0 Å². The largest absolute Gasteiger partial charge is 0.373 e. The van der Waals surface area contributed by atoms with Crippen molar-refractivity contribution in [1.82, 2.24) is 4.90 Å². The number of anilines is 1. The van der Waals surface area contributed by atoms with Crippen LogP contribution in [-0.4, -0.2) is 29.4 Å². The van der Waals surface area contributed by atoms with Gasteiger partial charge in [-0.2, -0.15) is 0 Å². The lowest BCUT2D eigenvalue weighted by Crippen LogP contribution is -2.48. The molecule has 3 nitrogen and oxygen atoms in total. The molecule has 0 aliphatic carbocycles. The van der Waals surface area contributed by atoms with Crippen LogP contribution < -0.4 is 5.32 Å². The van der Waals surface area contributed by atoms with Crippen molar-refractivity contribution < 1.29 is 4.79 Å². The number of hydrogen-bond acceptors (Lipinski definition) is 2. The van der Waals surface area contributed by atoms with E-state index in [0.717, 1.165) is 37.9 Å². The number of aryl methyl sites for hydroxylation is 1. The molecule has 2 aliphatic rings. The molecule has 0 aromatic heterocycles. The van der Waals surface area contributed by atoms with E-state index in [1.807, 2.05) is 6.07 Å². The summed E-state index contributed by atoms with van der Waals surface area (Å²) in [6.07, 6.45) is 4.22. The van der Waals surface area contributed by atoms with Gasteiger partial charge in [0, 0.05) is 18.3 Å². The molecule has 1 fully saturated rings. The second-order valence-electron chi connectivity index (χ2n) is 6.38. The predicted molar refractivity (Wildman–Crippen MR) is 81.7 cm³/mol. The molecule has 0 saturated carbocycles. The highest BCUT2D eigenvalue weighted by molar-refractivity contribution is 5.86. The molecular weight excluding hydrogens is 248 g/mol. The smallest absolute Gasteiger partial charge is 0.245 e. The standard InChI is InChI=1S/C17H24N2O/c1-12(2)16-8-5-11-19(16)17(20)15-10-9-13-6-3-4-7-14(13)18-15/h3-4,6-7,12,15-16,18H,5,8-11H2,1-2H3. The van der Waals surface area contributed by atoms with Crippen molar-refractivity contribution in [3.63, 3.8) is 0 Å². The Morgan fingerprint density at radius 2 is 2.10 bits per heavy atom. The van der Waals surface area contributed by atoms with Gasteiger partial charge in [0.2, 0.25) is 5.91 Å². The lowest BCUT2D eigenvalue weighted by atomic mass is 9.96. The fourth-order valence-corrected chi connectivity index (χ4v) is 3.58. The molecule has 108 valence electrons. The Morgan fingerprint density at radius 1 is 1.30 bits per heavy atom. The van der Waals surface area contributed by atoms with Crippen LogP contribution in [0.1, 0.15) is 38.7 Å². The van der Waals surface area contributed by atoms with E-state index >= 15 is 0 Å². The van der Waals surface area contributed by atoms with Crippen molar-refractivity contribution >= 4 is 11.6 Å². The summed E-state index contributed by atoms with van der Waals surface area (Å²) in [6.45, 7) is 5.38. The van der Waals surface area contributed by atoms with Crippen LogP contribution in [0.3, 0.4) is 0 Å². The van der Waals surface area contributed by atoms with Crippen molar-refractivity contribution in [2.45, 2.75) is 51.6 Å². The van der Waals surface area contributed by atoms with Crippen LogP contribution in [0.2, 0.25) is 0 Å². The molecule has 20 heavy (non-hydrogen) atoms. The van der Waals surface area contributed by atoms with Crippen molar-refractivity contribution in [1.29, 1.82) is 0 Å². The Balaban J connectivity index is 1.73. The highest BCUT2D eigenvalue weighted by Gasteiger charge is 2.35. The number of fused-ring (bicyclic) bond motifs is 1. The first-order chi connectivity index (χ1) is 9.66. The van der Waals surface area contributed by atoms with Crippen LogP contribution in [0.5, 0.6) is 0 Å². The minimum absolute atomic E-state index is 0.0377. The van der Waals surface area contributed by atoms with Gasteiger partial charge in [-0.15, -0.1) is 0 Å². The van der Waals surface area contributed by atoms with Crippen molar-refractivity contribution in [2.24, 2.45) is 5.92 Å². The molecule has 2 unspecified atom stereocenters. The molecule has 1 saturated heterocycles. The molecule has 1 amide bonds. The molecule has 3 rings (SSSR count). The van der Waals surface area contributed by atoms with E-state index in [1.165, 1.54) is 5.56 Å². The van der Waals surface area contributed by atoms with Gasteiger partial charge in [0.25, 0.3) is 0 Å². The summed E-state index contributed by atoms with van der Waals surface area (Å²) in [5.41, 5.74) is 2.47. The Kier molecular flexibility index (Phi) is 3.68. The molecule has 2 aliphatic heterocycles. The van der Waals surface area contributed by atoms with Crippen molar-refractivity contribution in [2.75, 3.05) is 11.9 Å². The van der Waals surface area contributed by atoms with Crippen LogP contribution in [0, 0.1) is 5.92 Å². The van der Waals surface area contributed by atoms with Crippen LogP contribution in [0.25, 0.3) is 0 Å². The summed E-state index contributed by atoms with van der Waals surface area (Å²) in [6, 6.07) is 8.73. The molecular formula is C17H24N2O. The first kappa shape index (κ1) is 13.5. The molecule has 2 atom stereocenters. The number of benzene rings is 1. The number of carbonyl (C=O) groups is 1. The molecule has 1 aromatic carbocycles. The Morgan fingerprint density at radius 3 is 2.90 bits per heavy atom. The Hall–Kier alpha value is -1.51. The number of carbonyl (C=O) groups excluding carboxylic acids is 1. The Labute approximate surface area is 121 Å². The SMILES string of the molecule is CC(C)C1CCCN1C(=O)C1CCc2ccccc2N1. The van der Waals surface area contributed by atoms with Gasteiger partial charge in [-0.3, -0.25) is 4.79 Å². The van der Waals surface area contributed by atoms with Crippen molar-refractivity contribution in [3.05, 3.63) is 29.8 Å². The Bertz CT molecular complexity index is 498. The summed E-state index contributed by atoms with van der Waals surface area (Å²) in [5.74, 6) is 0.855. The van der Waals surface area contributed by atoms with E-state index in [0.29, 0.717) is 17.9 Å². The zero-order valence-electron chi connectivity index (χ0n) is 12.4. The molecule has 0 spiro atoms. The second kappa shape index (κ2) is 5.47. The molecule has 1 aromatic rings. The molecule has 3 heteroatoms. The van der Waals surface area contributed by atoms with E-state index in [9.17, 15) is 4.79 Å². The highest BCUT2D eigenvalue weighted by Crippen LogP contribution is 2.29. The van der Waals surface area contributed by atoms with Gasteiger partial charge in [0.15, 0.2) is 0 Å². The predicted octanol–water partition coefficient (Wildman–Crippen LogP) is 3.06. The lowest BCUT2D eigenvalue weighted by molar-refractivity contribution is -0.133. The summed E-state index contributed by atoms with van der Waals surface area (Å²) in [4.78, 5) is 14.9. The number of nitrogens with one attached hydrogen (secondary N) is 1. The number of para-hydroxylation sites is 1. The first-order valence-corrected chi connectivity index (χ1v) is 7.81. The van der Waals surface area contributed by atoms with Crippen LogP contribution in [0.15, 0.2) is 24.3 Å². The quantitative estimate of drug-likeness (QED) is 0.897. The van der Waals surface area contributed by atoms with E-state index in [2.05, 4.69) is 42.3 Å². The third-order valence-corrected chi connectivity index (χ3v) is 4.70. The van der Waals surface area contributed by atoms with Gasteiger partial charge < -0.3 is 10.2 Å². The monoisotopic (exact) mass is 272 g/mol. The summed E-state index contributed by atoms with van der Waals surface area (Å²) >= 11 is 0. The fourth-order valence-electron chi connectivity index (χ4n) is 3.58. The highest BCUT2D eigenvalue weighted by atomic mass is 16.2. The number of hydrogen-bond donors (Lipinski definition) is 1. The first-order valence-electron chi connectivity index (χ1n) is 7.81. The van der Waals surface area contributed by atoms with E-state index in [-0.39, 0.29) is 6.04 Å². The van der Waals surface area contributed by atoms with Crippen LogP contribution >= 0.6 is 0 Å². The van der Waals surface area contributed by atoms with Crippen molar-refractivity contribution in [3.8, 4) is 0 Å². The summed E-state index contributed by atoms with van der Waals surface area (Å²) in [5, 5.41) is 3.44. The van der Waals surface area contributed by atoms with Gasteiger partial charge >= 0.3 is 0 Å². The van der Waals surface area contributed by atoms with Gasteiger partial charge in [-0.05, 0) is 43.2 Å².